The van der Waals surface area contributed by atoms with Gasteiger partial charge < -0.3 is 4.90 Å². The van der Waals surface area contributed by atoms with Gasteiger partial charge in [0.25, 0.3) is 0 Å². The van der Waals surface area contributed by atoms with Crippen molar-refractivity contribution in [1.82, 2.24) is 9.62 Å². The topological polar surface area (TPSA) is 66.5 Å². The standard InChI is InChI=1S/C12H14F2N2O3S/c13-10-4-3-9(7-11(10)14)20(18,19)15-8-12(17)16-5-1-2-6-16/h3-4,7,15H,1-2,5-6,8H2. The Morgan fingerprint density at radius 1 is 1.20 bits per heavy atom. The van der Waals surface area contributed by atoms with E-state index in [1.165, 1.54) is 0 Å². The monoisotopic (exact) mass is 304 g/mol. The molecule has 0 unspecified atom stereocenters. The number of likely N-dealkylation sites (tertiary alicyclic amines) is 1. The SMILES string of the molecule is O=C(CNS(=O)(=O)c1ccc(F)c(F)c1)N1CCCC1. The minimum Gasteiger partial charge on any atom is -0.342 e. The van der Waals surface area contributed by atoms with Crippen molar-refractivity contribution in [3.8, 4) is 0 Å². The third-order valence-electron chi connectivity index (χ3n) is 3.07. The van der Waals surface area contributed by atoms with E-state index < -0.39 is 26.6 Å². The predicted octanol–water partition coefficient (Wildman–Crippen LogP) is 0.866. The van der Waals surface area contributed by atoms with Crippen molar-refractivity contribution in [1.29, 1.82) is 0 Å². The summed E-state index contributed by atoms with van der Waals surface area (Å²) < 4.78 is 51.5. The van der Waals surface area contributed by atoms with Crippen molar-refractivity contribution in [3.63, 3.8) is 0 Å². The van der Waals surface area contributed by atoms with E-state index in [1.54, 1.807) is 4.90 Å². The van der Waals surface area contributed by atoms with Gasteiger partial charge in [0.05, 0.1) is 11.4 Å². The van der Waals surface area contributed by atoms with Gasteiger partial charge in [0, 0.05) is 13.1 Å². The van der Waals surface area contributed by atoms with Crippen LogP contribution in [0.4, 0.5) is 8.78 Å². The summed E-state index contributed by atoms with van der Waals surface area (Å²) in [5, 5.41) is 0. The molecule has 0 saturated carbocycles. The molecule has 1 aromatic carbocycles. The van der Waals surface area contributed by atoms with Crippen molar-refractivity contribution in [3.05, 3.63) is 29.8 Å². The van der Waals surface area contributed by atoms with Crippen LogP contribution in [0.5, 0.6) is 0 Å². The molecule has 0 spiro atoms. The zero-order valence-electron chi connectivity index (χ0n) is 10.6. The highest BCUT2D eigenvalue weighted by Gasteiger charge is 2.21. The largest absolute Gasteiger partial charge is 0.342 e. The maximum absolute atomic E-state index is 13.0. The van der Waals surface area contributed by atoms with Gasteiger partial charge in [-0.2, -0.15) is 0 Å². The maximum atomic E-state index is 13.0. The van der Waals surface area contributed by atoms with Gasteiger partial charge in [0.1, 0.15) is 0 Å². The predicted molar refractivity (Wildman–Crippen MR) is 67.4 cm³/mol. The smallest absolute Gasteiger partial charge is 0.241 e. The lowest BCUT2D eigenvalue weighted by Crippen LogP contribution is -2.38. The van der Waals surface area contributed by atoms with Gasteiger partial charge in [0.15, 0.2) is 11.6 Å². The average molecular weight is 304 g/mol. The first-order valence-electron chi connectivity index (χ1n) is 6.12. The third-order valence-corrected chi connectivity index (χ3v) is 4.47. The number of nitrogens with zero attached hydrogens (tertiary/aromatic N) is 1. The minimum atomic E-state index is -4.03. The summed E-state index contributed by atoms with van der Waals surface area (Å²) in [6, 6.07) is 2.26. The highest BCUT2D eigenvalue weighted by molar-refractivity contribution is 7.89. The number of nitrogens with one attached hydrogen (secondary N) is 1. The molecule has 0 aliphatic carbocycles. The molecule has 1 heterocycles. The zero-order chi connectivity index (χ0) is 14.8. The van der Waals surface area contributed by atoms with Crippen molar-refractivity contribution in [2.75, 3.05) is 19.6 Å². The van der Waals surface area contributed by atoms with E-state index in [9.17, 15) is 22.0 Å². The average Bonchev–Trinajstić information content (AvgIpc) is 2.93. The second kappa shape index (κ2) is 5.84. The van der Waals surface area contributed by atoms with Gasteiger partial charge in [-0.3, -0.25) is 4.79 Å². The number of benzene rings is 1. The molecule has 110 valence electrons. The van der Waals surface area contributed by atoms with E-state index >= 15 is 0 Å². The Balaban J connectivity index is 2.03. The lowest BCUT2D eigenvalue weighted by atomic mass is 10.3. The van der Waals surface area contributed by atoms with Gasteiger partial charge in [-0.05, 0) is 31.0 Å². The Hall–Kier alpha value is -1.54. The van der Waals surface area contributed by atoms with Gasteiger partial charge in [0.2, 0.25) is 15.9 Å². The summed E-state index contributed by atoms with van der Waals surface area (Å²) >= 11 is 0. The fourth-order valence-electron chi connectivity index (χ4n) is 1.96. The van der Waals surface area contributed by atoms with Gasteiger partial charge in [-0.15, -0.1) is 0 Å². The molecule has 0 atom stereocenters. The highest BCUT2D eigenvalue weighted by atomic mass is 32.2. The van der Waals surface area contributed by atoms with Gasteiger partial charge in [-0.25, -0.2) is 21.9 Å². The summed E-state index contributed by atoms with van der Waals surface area (Å²) in [6.07, 6.45) is 1.81. The van der Waals surface area contributed by atoms with E-state index in [4.69, 9.17) is 0 Å². The summed E-state index contributed by atoms with van der Waals surface area (Å²) in [4.78, 5) is 12.9. The molecule has 1 N–H and O–H groups in total. The minimum absolute atomic E-state index is 0.325. The molecule has 1 amide bonds. The van der Waals surface area contributed by atoms with Crippen LogP contribution in [-0.2, 0) is 14.8 Å². The van der Waals surface area contributed by atoms with E-state index in [-0.39, 0.29) is 12.5 Å². The van der Waals surface area contributed by atoms with Crippen LogP contribution in [0.3, 0.4) is 0 Å². The Bertz CT molecular complexity index is 613. The molecule has 0 aromatic heterocycles. The number of carbonyl (C=O) groups excluding carboxylic acids is 1. The summed E-state index contributed by atoms with van der Waals surface area (Å²) in [6.45, 7) is 0.846. The van der Waals surface area contributed by atoms with Crippen molar-refractivity contribution in [2.24, 2.45) is 0 Å². The Kier molecular flexibility index (Phi) is 4.34. The molecular weight excluding hydrogens is 290 g/mol. The van der Waals surface area contributed by atoms with Crippen LogP contribution in [0.25, 0.3) is 0 Å². The number of halogens is 2. The number of amides is 1. The number of sulfonamides is 1. The van der Waals surface area contributed by atoms with Gasteiger partial charge >= 0.3 is 0 Å². The normalized spacial score (nSPS) is 15.6. The number of rotatable bonds is 4. The molecule has 1 fully saturated rings. The summed E-state index contributed by atoms with van der Waals surface area (Å²) in [5.41, 5.74) is 0. The lowest BCUT2D eigenvalue weighted by molar-refractivity contribution is -0.128. The van der Waals surface area contributed by atoms with Crippen LogP contribution in [0.15, 0.2) is 23.1 Å². The van der Waals surface area contributed by atoms with Crippen molar-refractivity contribution in [2.45, 2.75) is 17.7 Å². The molecule has 8 heteroatoms. The van der Waals surface area contributed by atoms with E-state index in [0.717, 1.165) is 25.0 Å². The number of hydrogen-bond acceptors (Lipinski definition) is 3. The molecule has 1 saturated heterocycles. The van der Waals surface area contributed by atoms with E-state index in [0.29, 0.717) is 19.2 Å². The second-order valence-electron chi connectivity index (χ2n) is 4.49. The number of carbonyl (C=O) groups is 1. The summed E-state index contributed by atoms with van der Waals surface area (Å²) in [5.74, 6) is -2.70. The van der Waals surface area contributed by atoms with Crippen LogP contribution in [0.2, 0.25) is 0 Å². The van der Waals surface area contributed by atoms with E-state index in [2.05, 4.69) is 4.72 Å². The highest BCUT2D eigenvalue weighted by Crippen LogP contribution is 2.13. The van der Waals surface area contributed by atoms with Crippen molar-refractivity contribution >= 4 is 15.9 Å². The Morgan fingerprint density at radius 2 is 1.85 bits per heavy atom. The lowest BCUT2D eigenvalue weighted by Gasteiger charge is -2.15. The molecule has 0 bridgehead atoms. The van der Waals surface area contributed by atoms with Crippen LogP contribution < -0.4 is 4.72 Å². The van der Waals surface area contributed by atoms with Crippen LogP contribution in [0, 0.1) is 11.6 Å². The molecule has 2 rings (SSSR count). The van der Waals surface area contributed by atoms with Crippen LogP contribution >= 0.6 is 0 Å². The zero-order valence-corrected chi connectivity index (χ0v) is 11.4. The maximum Gasteiger partial charge on any atom is 0.241 e. The third kappa shape index (κ3) is 3.31. The first-order valence-corrected chi connectivity index (χ1v) is 7.61. The van der Waals surface area contributed by atoms with Gasteiger partial charge in [-0.1, -0.05) is 0 Å². The fourth-order valence-corrected chi connectivity index (χ4v) is 2.95. The second-order valence-corrected chi connectivity index (χ2v) is 6.26. The Morgan fingerprint density at radius 3 is 2.45 bits per heavy atom. The molecular formula is C12H14F2N2O3S. The molecule has 0 radical (unpaired) electrons. The molecule has 1 aliphatic rings. The molecule has 5 nitrogen and oxygen atoms in total. The molecule has 1 aromatic rings. The van der Waals surface area contributed by atoms with E-state index in [1.807, 2.05) is 0 Å². The Labute approximate surface area is 115 Å². The number of hydrogen-bond donors (Lipinski definition) is 1. The molecule has 20 heavy (non-hydrogen) atoms. The first kappa shape index (κ1) is 14.9. The quantitative estimate of drug-likeness (QED) is 0.897. The van der Waals surface area contributed by atoms with Crippen LogP contribution in [-0.4, -0.2) is 38.9 Å². The first-order chi connectivity index (χ1) is 9.40. The molecule has 1 aliphatic heterocycles. The van der Waals surface area contributed by atoms with Crippen LogP contribution in [0.1, 0.15) is 12.8 Å². The fraction of sp³-hybridized carbons (Fsp3) is 0.417. The van der Waals surface area contributed by atoms with Crippen molar-refractivity contribution < 1.29 is 22.0 Å². The summed E-state index contributed by atoms with van der Waals surface area (Å²) in [7, 11) is -4.03.